The first-order valence-corrected chi connectivity index (χ1v) is 6.91. The predicted octanol–water partition coefficient (Wildman–Crippen LogP) is 0.964. The van der Waals surface area contributed by atoms with Crippen LogP contribution in [0.15, 0.2) is 30.3 Å². The maximum absolute atomic E-state index is 11.7. The molecule has 0 aliphatic rings. The standard InChI is InChI=1S/C15H22O6/c1-3-19-15(20-4-2)13(17)12(16)10-21-14(18)11-8-6-5-7-9-11/h5-9,12-13,15-17H,3-4,10H2,1-2H3/t12-,13+/m0/s1. The van der Waals surface area contributed by atoms with Crippen LogP contribution >= 0.6 is 0 Å². The van der Waals surface area contributed by atoms with Gasteiger partial charge in [0.1, 0.15) is 18.8 Å². The minimum Gasteiger partial charge on any atom is -0.459 e. The first-order chi connectivity index (χ1) is 10.1. The summed E-state index contributed by atoms with van der Waals surface area (Å²) in [5.74, 6) is -0.564. The average molecular weight is 298 g/mol. The third-order valence-electron chi connectivity index (χ3n) is 2.73. The van der Waals surface area contributed by atoms with Crippen LogP contribution in [0.2, 0.25) is 0 Å². The van der Waals surface area contributed by atoms with Crippen molar-refractivity contribution < 1.29 is 29.2 Å². The van der Waals surface area contributed by atoms with E-state index in [0.717, 1.165) is 0 Å². The fraction of sp³-hybridized carbons (Fsp3) is 0.533. The van der Waals surface area contributed by atoms with E-state index in [4.69, 9.17) is 14.2 Å². The van der Waals surface area contributed by atoms with E-state index in [0.29, 0.717) is 18.8 Å². The molecule has 0 saturated carbocycles. The van der Waals surface area contributed by atoms with Crippen LogP contribution in [0.25, 0.3) is 0 Å². The van der Waals surface area contributed by atoms with Gasteiger partial charge in [0, 0.05) is 13.2 Å². The number of esters is 1. The number of carbonyl (C=O) groups excluding carboxylic acids is 1. The molecule has 0 aliphatic carbocycles. The molecule has 0 fully saturated rings. The number of benzene rings is 1. The van der Waals surface area contributed by atoms with Crippen LogP contribution in [-0.2, 0) is 14.2 Å². The maximum atomic E-state index is 11.7. The Morgan fingerprint density at radius 2 is 1.67 bits per heavy atom. The molecule has 0 aliphatic heterocycles. The van der Waals surface area contributed by atoms with Gasteiger partial charge in [-0.2, -0.15) is 0 Å². The van der Waals surface area contributed by atoms with Gasteiger partial charge in [-0.05, 0) is 26.0 Å². The second-order valence-electron chi connectivity index (χ2n) is 4.30. The molecule has 1 rings (SSSR count). The fourth-order valence-electron chi connectivity index (χ4n) is 1.67. The van der Waals surface area contributed by atoms with Gasteiger partial charge in [-0.1, -0.05) is 18.2 Å². The molecule has 0 heterocycles. The Hall–Kier alpha value is -1.47. The molecular formula is C15H22O6. The van der Waals surface area contributed by atoms with Crippen LogP contribution < -0.4 is 0 Å². The lowest BCUT2D eigenvalue weighted by molar-refractivity contribution is -0.214. The quantitative estimate of drug-likeness (QED) is 0.522. The Morgan fingerprint density at radius 1 is 1.10 bits per heavy atom. The normalized spacial score (nSPS) is 14.0. The van der Waals surface area contributed by atoms with Crippen molar-refractivity contribution in [2.75, 3.05) is 19.8 Å². The largest absolute Gasteiger partial charge is 0.459 e. The number of hydrogen-bond acceptors (Lipinski definition) is 6. The third kappa shape index (κ3) is 5.81. The van der Waals surface area contributed by atoms with Crippen molar-refractivity contribution >= 4 is 5.97 Å². The van der Waals surface area contributed by atoms with E-state index < -0.39 is 24.5 Å². The molecule has 6 heteroatoms. The lowest BCUT2D eigenvalue weighted by Crippen LogP contribution is -2.43. The van der Waals surface area contributed by atoms with E-state index in [-0.39, 0.29) is 6.61 Å². The number of carbonyl (C=O) groups is 1. The van der Waals surface area contributed by atoms with Gasteiger partial charge < -0.3 is 24.4 Å². The zero-order valence-corrected chi connectivity index (χ0v) is 12.3. The van der Waals surface area contributed by atoms with E-state index in [1.54, 1.807) is 44.2 Å². The molecule has 0 saturated heterocycles. The third-order valence-corrected chi connectivity index (χ3v) is 2.73. The van der Waals surface area contributed by atoms with Crippen molar-refractivity contribution in [3.63, 3.8) is 0 Å². The monoisotopic (exact) mass is 298 g/mol. The Morgan fingerprint density at radius 3 is 2.19 bits per heavy atom. The molecule has 118 valence electrons. The topological polar surface area (TPSA) is 85.2 Å². The van der Waals surface area contributed by atoms with Gasteiger partial charge in [-0.25, -0.2) is 4.79 Å². The average Bonchev–Trinajstić information content (AvgIpc) is 2.52. The van der Waals surface area contributed by atoms with Crippen LogP contribution in [-0.4, -0.2) is 54.5 Å². The van der Waals surface area contributed by atoms with Gasteiger partial charge in [-0.15, -0.1) is 0 Å². The highest BCUT2D eigenvalue weighted by molar-refractivity contribution is 5.89. The number of hydrogen-bond donors (Lipinski definition) is 2. The Bertz CT molecular complexity index is 402. The Balaban J connectivity index is 2.48. The highest BCUT2D eigenvalue weighted by atomic mass is 16.7. The predicted molar refractivity (Wildman–Crippen MR) is 75.8 cm³/mol. The van der Waals surface area contributed by atoms with Crippen molar-refractivity contribution in [3.05, 3.63) is 35.9 Å². The SMILES string of the molecule is CCOC(OCC)[C@H](O)[C@@H](O)COC(=O)c1ccccc1. The molecule has 0 amide bonds. The number of ether oxygens (including phenoxy) is 3. The van der Waals surface area contributed by atoms with Crippen LogP contribution in [0.4, 0.5) is 0 Å². The van der Waals surface area contributed by atoms with Gasteiger partial charge in [0.25, 0.3) is 0 Å². The summed E-state index contributed by atoms with van der Waals surface area (Å²) in [6.45, 7) is 3.82. The second kappa shape index (κ2) is 9.46. The van der Waals surface area contributed by atoms with E-state index in [1.807, 2.05) is 0 Å². The summed E-state index contributed by atoms with van der Waals surface area (Å²) in [6.07, 6.45) is -3.54. The molecule has 0 spiro atoms. The van der Waals surface area contributed by atoms with Gasteiger partial charge in [0.05, 0.1) is 5.56 Å². The van der Waals surface area contributed by atoms with Crippen molar-refractivity contribution in [1.82, 2.24) is 0 Å². The van der Waals surface area contributed by atoms with Crippen LogP contribution in [0.1, 0.15) is 24.2 Å². The molecule has 0 unspecified atom stereocenters. The van der Waals surface area contributed by atoms with Crippen molar-refractivity contribution in [2.45, 2.75) is 32.3 Å². The number of rotatable bonds is 9. The molecular weight excluding hydrogens is 276 g/mol. The van der Waals surface area contributed by atoms with Gasteiger partial charge in [0.2, 0.25) is 0 Å². The summed E-state index contributed by atoms with van der Waals surface area (Å²) in [5.41, 5.74) is 0.380. The van der Waals surface area contributed by atoms with E-state index in [2.05, 4.69) is 0 Å². The minimum absolute atomic E-state index is 0.332. The van der Waals surface area contributed by atoms with E-state index in [1.165, 1.54) is 0 Å². The molecule has 2 N–H and O–H groups in total. The van der Waals surface area contributed by atoms with E-state index in [9.17, 15) is 15.0 Å². The molecule has 6 nitrogen and oxygen atoms in total. The lowest BCUT2D eigenvalue weighted by atomic mass is 10.2. The van der Waals surface area contributed by atoms with Gasteiger partial charge in [-0.3, -0.25) is 0 Å². The summed E-state index contributed by atoms with van der Waals surface area (Å²) in [5, 5.41) is 19.8. The van der Waals surface area contributed by atoms with Crippen LogP contribution in [0, 0.1) is 0 Å². The number of aliphatic hydroxyl groups is 2. The van der Waals surface area contributed by atoms with Gasteiger partial charge in [0.15, 0.2) is 6.29 Å². The summed E-state index contributed by atoms with van der Waals surface area (Å²) < 4.78 is 15.3. The highest BCUT2D eigenvalue weighted by Gasteiger charge is 2.28. The molecule has 21 heavy (non-hydrogen) atoms. The van der Waals surface area contributed by atoms with E-state index >= 15 is 0 Å². The molecule has 0 bridgehead atoms. The van der Waals surface area contributed by atoms with Crippen LogP contribution in [0.3, 0.4) is 0 Å². The molecule has 1 aromatic rings. The highest BCUT2D eigenvalue weighted by Crippen LogP contribution is 2.09. The second-order valence-corrected chi connectivity index (χ2v) is 4.30. The van der Waals surface area contributed by atoms with Crippen LogP contribution in [0.5, 0.6) is 0 Å². The molecule has 0 aromatic heterocycles. The van der Waals surface area contributed by atoms with Gasteiger partial charge >= 0.3 is 5.97 Å². The minimum atomic E-state index is -1.30. The fourth-order valence-corrected chi connectivity index (χ4v) is 1.67. The summed E-state index contributed by atoms with van der Waals surface area (Å²) in [6, 6.07) is 8.41. The zero-order valence-electron chi connectivity index (χ0n) is 12.3. The lowest BCUT2D eigenvalue weighted by Gasteiger charge is -2.26. The van der Waals surface area contributed by atoms with Crippen molar-refractivity contribution in [1.29, 1.82) is 0 Å². The summed E-state index contributed by atoms with van der Waals surface area (Å²) in [4.78, 5) is 11.7. The summed E-state index contributed by atoms with van der Waals surface area (Å²) in [7, 11) is 0. The molecule has 1 aromatic carbocycles. The Labute approximate surface area is 124 Å². The molecule has 2 atom stereocenters. The first-order valence-electron chi connectivity index (χ1n) is 6.91. The first kappa shape index (κ1) is 17.6. The Kier molecular flexibility index (Phi) is 7.92. The summed E-state index contributed by atoms with van der Waals surface area (Å²) >= 11 is 0. The zero-order chi connectivity index (χ0) is 15.7. The smallest absolute Gasteiger partial charge is 0.338 e. The van der Waals surface area contributed by atoms with Crippen molar-refractivity contribution in [3.8, 4) is 0 Å². The maximum Gasteiger partial charge on any atom is 0.338 e. The molecule has 0 radical (unpaired) electrons. The number of aliphatic hydroxyl groups excluding tert-OH is 2. The van der Waals surface area contributed by atoms with Crippen molar-refractivity contribution in [2.24, 2.45) is 0 Å².